The lowest BCUT2D eigenvalue weighted by atomic mass is 9.89. The molecular weight excluding hydrogens is 428 g/mol. The second-order valence-electron chi connectivity index (χ2n) is 8.53. The number of nitrogens with one attached hydrogen (secondary N) is 1. The van der Waals surface area contributed by atoms with Crippen molar-refractivity contribution in [1.29, 1.82) is 0 Å². The molecule has 0 bridgehead atoms. The molecule has 1 aliphatic carbocycles. The summed E-state index contributed by atoms with van der Waals surface area (Å²) in [5, 5.41) is 7.33. The number of amides is 1. The fourth-order valence-corrected chi connectivity index (χ4v) is 4.33. The molecule has 172 valence electrons. The molecule has 8 heteroatoms. The maximum absolute atomic E-state index is 12.4. The zero-order valence-corrected chi connectivity index (χ0v) is 19.0. The second kappa shape index (κ2) is 9.52. The Kier molecular flexibility index (Phi) is 6.14. The molecule has 3 aromatic rings. The van der Waals surface area contributed by atoms with Gasteiger partial charge in [-0.05, 0) is 44.4 Å². The van der Waals surface area contributed by atoms with Crippen LogP contribution in [0.1, 0.15) is 43.4 Å². The molecule has 2 aliphatic rings. The third-order valence-corrected chi connectivity index (χ3v) is 6.16. The van der Waals surface area contributed by atoms with Crippen LogP contribution in [-0.2, 0) is 11.3 Å². The monoisotopic (exact) mass is 454 g/mol. The number of benzene rings is 1. The van der Waals surface area contributed by atoms with E-state index in [1.165, 1.54) is 23.8 Å². The lowest BCUT2D eigenvalue weighted by molar-refractivity contribution is -0.114. The minimum Gasteiger partial charge on any atom is -0.382 e. The molecule has 1 fully saturated rings. The van der Waals surface area contributed by atoms with Gasteiger partial charge < -0.3 is 15.6 Å². The number of rotatable bonds is 5. The van der Waals surface area contributed by atoms with Crippen LogP contribution in [0.15, 0.2) is 63.3 Å². The van der Waals surface area contributed by atoms with Crippen LogP contribution in [0.3, 0.4) is 0 Å². The van der Waals surface area contributed by atoms with Crippen LogP contribution in [-0.4, -0.2) is 34.3 Å². The standard InChI is InChI=1S/C26H26N6O2/c1-28-13-16-7-9-18(10-8-16)21-12-23(34-32-21)24-25(27)29-15-22(31-24)19-11-20(26(33)30-14-19)17-5-3-2-4-6-17/h7-12,14-15,28H,2-6,13H2,1H3,(H2,27,29). The molecule has 5 rings (SSSR count). The number of anilines is 1. The Balaban J connectivity index is 1.46. The fourth-order valence-electron chi connectivity index (χ4n) is 4.33. The number of aromatic nitrogens is 3. The SMILES string of the molecule is CNCc1ccc(-c2cc(-c3nc(C4=CC(=C5CCCCC5)C(=O)N=C4)cnc3N)on2)cc1. The first-order valence-corrected chi connectivity index (χ1v) is 11.5. The number of nitrogens with two attached hydrogens (primary N) is 1. The molecule has 1 aliphatic heterocycles. The van der Waals surface area contributed by atoms with E-state index >= 15 is 0 Å². The Labute approximate surface area is 197 Å². The maximum atomic E-state index is 12.4. The summed E-state index contributed by atoms with van der Waals surface area (Å²) in [4.78, 5) is 25.5. The Hall–Kier alpha value is -3.91. The van der Waals surface area contributed by atoms with Crippen molar-refractivity contribution >= 4 is 23.5 Å². The van der Waals surface area contributed by atoms with Crippen LogP contribution < -0.4 is 11.1 Å². The highest BCUT2D eigenvalue weighted by Gasteiger charge is 2.21. The van der Waals surface area contributed by atoms with Crippen molar-refractivity contribution in [2.24, 2.45) is 4.99 Å². The highest BCUT2D eigenvalue weighted by molar-refractivity contribution is 6.20. The number of allylic oxidation sites excluding steroid dienone is 2. The minimum atomic E-state index is -0.190. The number of carbonyl (C=O) groups excluding carboxylic acids is 1. The number of nitrogen functional groups attached to an aromatic ring is 1. The van der Waals surface area contributed by atoms with Gasteiger partial charge >= 0.3 is 0 Å². The van der Waals surface area contributed by atoms with Crippen molar-refractivity contribution in [3.05, 3.63) is 65.0 Å². The number of hydrogen-bond donors (Lipinski definition) is 2. The van der Waals surface area contributed by atoms with Crippen LogP contribution in [0.25, 0.3) is 28.3 Å². The van der Waals surface area contributed by atoms with E-state index in [0.717, 1.165) is 43.4 Å². The summed E-state index contributed by atoms with van der Waals surface area (Å²) in [7, 11) is 1.91. The first-order chi connectivity index (χ1) is 16.6. The summed E-state index contributed by atoms with van der Waals surface area (Å²) in [5.74, 6) is 0.479. The van der Waals surface area contributed by atoms with E-state index in [4.69, 9.17) is 15.2 Å². The Morgan fingerprint density at radius 1 is 1.09 bits per heavy atom. The predicted molar refractivity (Wildman–Crippen MR) is 132 cm³/mol. The highest BCUT2D eigenvalue weighted by atomic mass is 16.5. The number of aliphatic imine (C=N–C) groups is 1. The van der Waals surface area contributed by atoms with Gasteiger partial charge in [0.2, 0.25) is 0 Å². The molecule has 3 heterocycles. The normalized spacial score (nSPS) is 16.1. The fraction of sp³-hybridized carbons (Fsp3) is 0.269. The predicted octanol–water partition coefficient (Wildman–Crippen LogP) is 4.36. The molecule has 0 unspecified atom stereocenters. The number of carbonyl (C=O) groups is 1. The molecule has 1 amide bonds. The molecule has 0 atom stereocenters. The molecule has 1 saturated carbocycles. The summed E-state index contributed by atoms with van der Waals surface area (Å²) in [5.41, 5.74) is 12.5. The average molecular weight is 455 g/mol. The summed E-state index contributed by atoms with van der Waals surface area (Å²) < 4.78 is 5.58. The number of hydrogen-bond acceptors (Lipinski definition) is 7. The van der Waals surface area contributed by atoms with E-state index in [2.05, 4.69) is 20.4 Å². The average Bonchev–Trinajstić information content (AvgIpc) is 3.36. The second-order valence-corrected chi connectivity index (χ2v) is 8.53. The number of dihydropyridines is 1. The van der Waals surface area contributed by atoms with Gasteiger partial charge in [0.1, 0.15) is 5.69 Å². The molecule has 2 aromatic heterocycles. The van der Waals surface area contributed by atoms with Gasteiger partial charge in [-0.2, -0.15) is 0 Å². The zero-order chi connectivity index (χ0) is 23.5. The van der Waals surface area contributed by atoms with E-state index < -0.39 is 0 Å². The third-order valence-electron chi connectivity index (χ3n) is 6.16. The van der Waals surface area contributed by atoms with Crippen LogP contribution in [0.5, 0.6) is 0 Å². The lowest BCUT2D eigenvalue weighted by Crippen LogP contribution is -2.10. The van der Waals surface area contributed by atoms with Gasteiger partial charge in [-0.25, -0.2) is 15.0 Å². The Morgan fingerprint density at radius 3 is 2.65 bits per heavy atom. The molecule has 1 aromatic carbocycles. The van der Waals surface area contributed by atoms with Gasteiger partial charge in [-0.1, -0.05) is 41.4 Å². The molecular formula is C26H26N6O2. The molecule has 0 saturated heterocycles. The first kappa shape index (κ1) is 21.9. The highest BCUT2D eigenvalue weighted by Crippen LogP contribution is 2.32. The van der Waals surface area contributed by atoms with Gasteiger partial charge in [0.15, 0.2) is 17.3 Å². The smallest absolute Gasteiger partial charge is 0.276 e. The molecule has 0 spiro atoms. The number of nitrogens with zero attached hydrogens (tertiary/aromatic N) is 4. The van der Waals surface area contributed by atoms with Gasteiger partial charge in [-0.3, -0.25) is 4.79 Å². The summed E-state index contributed by atoms with van der Waals surface area (Å²) in [6, 6.07) is 9.90. The van der Waals surface area contributed by atoms with E-state index in [1.807, 2.05) is 37.4 Å². The van der Waals surface area contributed by atoms with Crippen LogP contribution in [0.2, 0.25) is 0 Å². The topological polar surface area (TPSA) is 119 Å². The van der Waals surface area contributed by atoms with Gasteiger partial charge in [0.05, 0.1) is 11.9 Å². The van der Waals surface area contributed by atoms with Crippen molar-refractivity contribution in [3.8, 4) is 22.7 Å². The van der Waals surface area contributed by atoms with Crippen molar-refractivity contribution in [2.75, 3.05) is 12.8 Å². The van der Waals surface area contributed by atoms with Crippen molar-refractivity contribution in [3.63, 3.8) is 0 Å². The molecule has 34 heavy (non-hydrogen) atoms. The zero-order valence-electron chi connectivity index (χ0n) is 19.0. The van der Waals surface area contributed by atoms with E-state index in [0.29, 0.717) is 28.4 Å². The molecule has 8 nitrogen and oxygen atoms in total. The molecule has 3 N–H and O–H groups in total. The van der Waals surface area contributed by atoms with Crippen molar-refractivity contribution in [1.82, 2.24) is 20.4 Å². The van der Waals surface area contributed by atoms with Crippen LogP contribution in [0, 0.1) is 0 Å². The minimum absolute atomic E-state index is 0.190. The first-order valence-electron chi connectivity index (χ1n) is 11.5. The Morgan fingerprint density at radius 2 is 1.88 bits per heavy atom. The maximum Gasteiger partial charge on any atom is 0.276 e. The van der Waals surface area contributed by atoms with Gasteiger partial charge in [0.25, 0.3) is 5.91 Å². The summed E-state index contributed by atoms with van der Waals surface area (Å²) >= 11 is 0. The third kappa shape index (κ3) is 4.45. The summed E-state index contributed by atoms with van der Waals surface area (Å²) in [6.45, 7) is 0.798. The van der Waals surface area contributed by atoms with Crippen molar-refractivity contribution in [2.45, 2.75) is 38.6 Å². The quantitative estimate of drug-likeness (QED) is 0.550. The largest absolute Gasteiger partial charge is 0.382 e. The summed E-state index contributed by atoms with van der Waals surface area (Å²) in [6.07, 6.45) is 10.3. The van der Waals surface area contributed by atoms with Gasteiger partial charge in [0, 0.05) is 35.5 Å². The van der Waals surface area contributed by atoms with E-state index in [1.54, 1.807) is 12.3 Å². The van der Waals surface area contributed by atoms with Gasteiger partial charge in [-0.15, -0.1) is 0 Å². The van der Waals surface area contributed by atoms with Crippen LogP contribution in [0.4, 0.5) is 5.82 Å². The Bertz CT molecular complexity index is 1310. The van der Waals surface area contributed by atoms with E-state index in [-0.39, 0.29) is 11.7 Å². The van der Waals surface area contributed by atoms with E-state index in [9.17, 15) is 4.79 Å². The lowest BCUT2D eigenvalue weighted by Gasteiger charge is -2.18. The van der Waals surface area contributed by atoms with Crippen LogP contribution >= 0.6 is 0 Å². The van der Waals surface area contributed by atoms with Crippen molar-refractivity contribution < 1.29 is 9.32 Å². The molecule has 0 radical (unpaired) electrons.